The molecular weight excluding hydrogens is 310 g/mol. The summed E-state index contributed by atoms with van der Waals surface area (Å²) in [5.41, 5.74) is 1.62. The lowest BCUT2D eigenvalue weighted by atomic mass is 10.1. The average Bonchev–Trinajstić information content (AvgIpc) is 2.56. The van der Waals surface area contributed by atoms with Crippen LogP contribution in [0.15, 0.2) is 59.5 Å². The van der Waals surface area contributed by atoms with Gasteiger partial charge in [-0.15, -0.1) is 0 Å². The molecule has 0 saturated heterocycles. The molecule has 0 atom stereocenters. The molecule has 122 valence electrons. The summed E-state index contributed by atoms with van der Waals surface area (Å²) < 4.78 is 24.1. The first-order valence-electron chi connectivity index (χ1n) is 7.57. The highest BCUT2D eigenvalue weighted by atomic mass is 32.2. The second-order valence-electron chi connectivity index (χ2n) is 5.61. The van der Waals surface area contributed by atoms with Crippen molar-refractivity contribution in [3.05, 3.63) is 65.7 Å². The van der Waals surface area contributed by atoms with E-state index in [2.05, 4.69) is 5.32 Å². The fraction of sp³-hybridized carbons (Fsp3) is 0.278. The maximum Gasteiger partial charge on any atom is 0.251 e. The van der Waals surface area contributed by atoms with Crippen LogP contribution in [-0.4, -0.2) is 26.1 Å². The standard InChI is InChI=1S/C18H21NO3S/c1-14(2)23(21,22)17-10-8-15(9-11-17)12-13-19-18(20)16-6-4-3-5-7-16/h3-11,14H,12-13H2,1-2H3,(H,19,20). The third-order valence-electron chi connectivity index (χ3n) is 3.61. The number of carbonyl (C=O) groups is 1. The summed E-state index contributed by atoms with van der Waals surface area (Å²) in [6.45, 7) is 3.84. The number of hydrogen-bond acceptors (Lipinski definition) is 3. The van der Waals surface area contributed by atoms with Crippen LogP contribution in [0.3, 0.4) is 0 Å². The van der Waals surface area contributed by atoms with E-state index in [0.717, 1.165) is 5.56 Å². The molecule has 2 aromatic rings. The molecule has 1 amide bonds. The minimum absolute atomic E-state index is 0.107. The van der Waals surface area contributed by atoms with E-state index in [1.807, 2.05) is 18.2 Å². The molecule has 5 heteroatoms. The molecule has 0 radical (unpaired) electrons. The first-order chi connectivity index (χ1) is 10.9. The van der Waals surface area contributed by atoms with Gasteiger partial charge < -0.3 is 5.32 Å². The van der Waals surface area contributed by atoms with Crippen LogP contribution in [0.1, 0.15) is 29.8 Å². The molecule has 0 unspecified atom stereocenters. The zero-order valence-electron chi connectivity index (χ0n) is 13.3. The normalized spacial score (nSPS) is 11.4. The third-order valence-corrected chi connectivity index (χ3v) is 5.78. The molecule has 0 aliphatic carbocycles. The number of amides is 1. The highest BCUT2D eigenvalue weighted by Crippen LogP contribution is 2.16. The first-order valence-corrected chi connectivity index (χ1v) is 9.12. The number of benzene rings is 2. The second kappa shape index (κ2) is 7.42. The molecule has 0 aliphatic rings. The van der Waals surface area contributed by atoms with Crippen LogP contribution >= 0.6 is 0 Å². The van der Waals surface area contributed by atoms with Crippen LogP contribution in [0.2, 0.25) is 0 Å². The van der Waals surface area contributed by atoms with E-state index in [0.29, 0.717) is 23.4 Å². The molecule has 0 heterocycles. The third kappa shape index (κ3) is 4.42. The molecule has 4 nitrogen and oxygen atoms in total. The lowest BCUT2D eigenvalue weighted by Gasteiger charge is -2.09. The molecule has 0 saturated carbocycles. The first kappa shape index (κ1) is 17.2. The Morgan fingerprint density at radius 3 is 2.17 bits per heavy atom. The smallest absolute Gasteiger partial charge is 0.251 e. The number of nitrogens with one attached hydrogen (secondary N) is 1. The van der Waals surface area contributed by atoms with Gasteiger partial charge in [0.1, 0.15) is 0 Å². The van der Waals surface area contributed by atoms with Crippen LogP contribution in [0, 0.1) is 0 Å². The second-order valence-corrected chi connectivity index (χ2v) is 8.11. The Kier molecular flexibility index (Phi) is 5.55. The van der Waals surface area contributed by atoms with Gasteiger partial charge in [-0.05, 0) is 50.1 Å². The van der Waals surface area contributed by atoms with E-state index in [1.165, 1.54) is 0 Å². The minimum Gasteiger partial charge on any atom is -0.352 e. The molecule has 1 N–H and O–H groups in total. The summed E-state index contributed by atoms with van der Waals surface area (Å²) in [5.74, 6) is -0.107. The predicted molar refractivity (Wildman–Crippen MR) is 91.2 cm³/mol. The van der Waals surface area contributed by atoms with Crippen LogP contribution in [0.5, 0.6) is 0 Å². The Hall–Kier alpha value is -2.14. The minimum atomic E-state index is -3.23. The maximum absolute atomic E-state index is 12.0. The van der Waals surface area contributed by atoms with Crippen LogP contribution in [-0.2, 0) is 16.3 Å². The van der Waals surface area contributed by atoms with Crippen molar-refractivity contribution < 1.29 is 13.2 Å². The van der Waals surface area contributed by atoms with Crippen molar-refractivity contribution in [2.45, 2.75) is 30.4 Å². The van der Waals surface area contributed by atoms with E-state index >= 15 is 0 Å². The highest BCUT2D eigenvalue weighted by Gasteiger charge is 2.18. The molecule has 0 fully saturated rings. The van der Waals surface area contributed by atoms with Crippen molar-refractivity contribution >= 4 is 15.7 Å². The van der Waals surface area contributed by atoms with Crippen molar-refractivity contribution in [3.63, 3.8) is 0 Å². The van der Waals surface area contributed by atoms with Crippen LogP contribution < -0.4 is 5.32 Å². The van der Waals surface area contributed by atoms with Crippen LogP contribution in [0.25, 0.3) is 0 Å². The van der Waals surface area contributed by atoms with Crippen molar-refractivity contribution in [2.24, 2.45) is 0 Å². The van der Waals surface area contributed by atoms with E-state index < -0.39 is 15.1 Å². The molecule has 2 rings (SSSR count). The number of rotatable bonds is 6. The fourth-order valence-corrected chi connectivity index (χ4v) is 3.19. The van der Waals surface area contributed by atoms with Gasteiger partial charge >= 0.3 is 0 Å². The Balaban J connectivity index is 1.91. The van der Waals surface area contributed by atoms with E-state index in [-0.39, 0.29) is 5.91 Å². The van der Waals surface area contributed by atoms with E-state index in [9.17, 15) is 13.2 Å². The highest BCUT2D eigenvalue weighted by molar-refractivity contribution is 7.92. The Morgan fingerprint density at radius 1 is 1.00 bits per heavy atom. The fourth-order valence-electron chi connectivity index (χ4n) is 2.13. The zero-order valence-corrected chi connectivity index (χ0v) is 14.1. The number of sulfone groups is 1. The Morgan fingerprint density at radius 2 is 1.61 bits per heavy atom. The van der Waals surface area contributed by atoms with Crippen molar-refractivity contribution in [1.29, 1.82) is 0 Å². The van der Waals surface area contributed by atoms with Gasteiger partial charge in [0.25, 0.3) is 5.91 Å². The lowest BCUT2D eigenvalue weighted by Crippen LogP contribution is -2.25. The summed E-state index contributed by atoms with van der Waals surface area (Å²) in [6, 6.07) is 15.9. The molecule has 0 aliphatic heterocycles. The lowest BCUT2D eigenvalue weighted by molar-refractivity contribution is 0.0954. The summed E-state index contributed by atoms with van der Waals surface area (Å²) in [6.07, 6.45) is 0.653. The molecule has 23 heavy (non-hydrogen) atoms. The average molecular weight is 331 g/mol. The summed E-state index contributed by atoms with van der Waals surface area (Å²) in [4.78, 5) is 12.2. The van der Waals surface area contributed by atoms with E-state index in [1.54, 1.807) is 50.2 Å². The molecule has 0 spiro atoms. The van der Waals surface area contributed by atoms with Gasteiger partial charge in [0.15, 0.2) is 9.84 Å². The van der Waals surface area contributed by atoms with Crippen LogP contribution in [0.4, 0.5) is 0 Å². The monoisotopic (exact) mass is 331 g/mol. The molecule has 0 bridgehead atoms. The SMILES string of the molecule is CC(C)S(=O)(=O)c1ccc(CCNC(=O)c2ccccc2)cc1. The van der Waals surface area contributed by atoms with Gasteiger partial charge in [-0.1, -0.05) is 30.3 Å². The topological polar surface area (TPSA) is 63.2 Å². The van der Waals surface area contributed by atoms with Gasteiger partial charge in [0, 0.05) is 12.1 Å². The Labute approximate surface area is 137 Å². The number of hydrogen-bond donors (Lipinski definition) is 1. The predicted octanol–water partition coefficient (Wildman–Crippen LogP) is 2.84. The summed E-state index contributed by atoms with van der Waals surface area (Å²) in [5, 5.41) is 2.42. The maximum atomic E-state index is 12.0. The Bertz CT molecular complexity index is 751. The van der Waals surface area contributed by atoms with E-state index in [4.69, 9.17) is 0 Å². The van der Waals surface area contributed by atoms with Crippen molar-refractivity contribution in [2.75, 3.05) is 6.54 Å². The van der Waals surface area contributed by atoms with Gasteiger partial charge in [-0.3, -0.25) is 4.79 Å². The molecule has 0 aromatic heterocycles. The van der Waals surface area contributed by atoms with Gasteiger partial charge in [0.05, 0.1) is 10.1 Å². The van der Waals surface area contributed by atoms with Gasteiger partial charge in [-0.2, -0.15) is 0 Å². The van der Waals surface area contributed by atoms with Gasteiger partial charge in [0.2, 0.25) is 0 Å². The molecular formula is C18H21NO3S. The van der Waals surface area contributed by atoms with Crippen molar-refractivity contribution in [3.8, 4) is 0 Å². The quantitative estimate of drug-likeness (QED) is 0.885. The zero-order chi connectivity index (χ0) is 16.9. The number of carbonyl (C=O) groups excluding carboxylic acids is 1. The molecule has 2 aromatic carbocycles. The van der Waals surface area contributed by atoms with Gasteiger partial charge in [-0.25, -0.2) is 8.42 Å². The largest absolute Gasteiger partial charge is 0.352 e. The summed E-state index contributed by atoms with van der Waals surface area (Å²) >= 11 is 0. The van der Waals surface area contributed by atoms with Crippen molar-refractivity contribution in [1.82, 2.24) is 5.32 Å². The summed E-state index contributed by atoms with van der Waals surface area (Å²) in [7, 11) is -3.23.